The molecular formula is C7H6ClN2O. The first kappa shape index (κ1) is 7.88. The molecule has 0 aliphatic heterocycles. The van der Waals surface area contributed by atoms with Gasteiger partial charge in [0, 0.05) is 5.02 Å². The van der Waals surface area contributed by atoms with Crippen molar-refractivity contribution in [3.63, 3.8) is 0 Å². The molecule has 1 rings (SSSR count). The number of carbonyl (C=O) groups is 1. The van der Waals surface area contributed by atoms with Gasteiger partial charge in [0.2, 0.25) is 0 Å². The number of carbonyl (C=O) groups excluding carboxylic acids is 1. The summed E-state index contributed by atoms with van der Waals surface area (Å²) in [7, 11) is 0. The van der Waals surface area contributed by atoms with Crippen molar-refractivity contribution in [1.29, 1.82) is 0 Å². The van der Waals surface area contributed by atoms with Crippen molar-refractivity contribution in [2.45, 2.75) is 0 Å². The normalized spacial score (nSPS) is 9.18. The van der Waals surface area contributed by atoms with Crippen molar-refractivity contribution >= 4 is 23.3 Å². The predicted octanol–water partition coefficient (Wildman–Crippen LogP) is 1.65. The fourth-order valence-electron chi connectivity index (χ4n) is 0.673. The van der Waals surface area contributed by atoms with Crippen LogP contribution in [0, 0.1) is 0 Å². The molecule has 0 aromatic heterocycles. The van der Waals surface area contributed by atoms with E-state index in [0.29, 0.717) is 10.7 Å². The topological polar surface area (TPSA) is 57.2 Å². The Balaban J connectivity index is 2.79. The second-order valence-electron chi connectivity index (χ2n) is 1.93. The summed E-state index contributed by atoms with van der Waals surface area (Å²) >= 11 is 5.62. The molecule has 0 unspecified atom stereocenters. The number of nitrogens with zero attached hydrogens (tertiary/aromatic N) is 1. The average Bonchev–Trinajstić information content (AvgIpc) is 1.85. The van der Waals surface area contributed by atoms with Crippen molar-refractivity contribution in [2.24, 2.45) is 5.73 Å². The number of urea groups is 1. The first-order valence-electron chi connectivity index (χ1n) is 2.95. The molecule has 0 spiro atoms. The third kappa shape index (κ3) is 2.47. The lowest BCUT2D eigenvalue weighted by atomic mass is 10.3. The summed E-state index contributed by atoms with van der Waals surface area (Å²) < 4.78 is 0. The SMILES string of the molecule is NC(=O)[N]c1cccc(Cl)c1. The summed E-state index contributed by atoms with van der Waals surface area (Å²) in [4.78, 5) is 10.3. The molecule has 0 saturated heterocycles. The van der Waals surface area contributed by atoms with E-state index in [4.69, 9.17) is 17.3 Å². The number of nitrogens with two attached hydrogens (primary N) is 1. The Hall–Kier alpha value is -1.22. The highest BCUT2D eigenvalue weighted by Gasteiger charge is 1.97. The molecule has 0 aliphatic carbocycles. The molecule has 2 amide bonds. The Bertz CT molecular complexity index is 275. The van der Waals surface area contributed by atoms with Crippen molar-refractivity contribution in [3.8, 4) is 0 Å². The number of halogens is 1. The maximum Gasteiger partial charge on any atom is 0.338 e. The van der Waals surface area contributed by atoms with Crippen molar-refractivity contribution in [3.05, 3.63) is 29.3 Å². The number of hydrogen-bond acceptors (Lipinski definition) is 1. The largest absolute Gasteiger partial charge is 0.350 e. The Kier molecular flexibility index (Phi) is 2.33. The van der Waals surface area contributed by atoms with Gasteiger partial charge in [-0.15, -0.1) is 0 Å². The monoisotopic (exact) mass is 169 g/mol. The molecule has 0 fully saturated rings. The van der Waals surface area contributed by atoms with E-state index in [9.17, 15) is 4.79 Å². The minimum absolute atomic E-state index is 0.477. The number of hydrogen-bond donors (Lipinski definition) is 1. The van der Waals surface area contributed by atoms with E-state index in [1.54, 1.807) is 24.3 Å². The number of rotatable bonds is 1. The molecular weight excluding hydrogens is 164 g/mol. The minimum atomic E-state index is -0.715. The van der Waals surface area contributed by atoms with Crippen LogP contribution in [0.25, 0.3) is 0 Å². The second kappa shape index (κ2) is 3.25. The van der Waals surface area contributed by atoms with Gasteiger partial charge in [0.05, 0.1) is 5.69 Å². The third-order valence-electron chi connectivity index (χ3n) is 1.05. The molecule has 1 aromatic rings. The van der Waals surface area contributed by atoms with E-state index in [1.165, 1.54) is 0 Å². The molecule has 1 aromatic carbocycles. The van der Waals surface area contributed by atoms with Gasteiger partial charge in [-0.05, 0) is 18.2 Å². The molecule has 2 N–H and O–H groups in total. The van der Waals surface area contributed by atoms with Crippen LogP contribution in [0.4, 0.5) is 10.5 Å². The predicted molar refractivity (Wildman–Crippen MR) is 42.8 cm³/mol. The van der Waals surface area contributed by atoms with Crippen LogP contribution >= 0.6 is 11.6 Å². The van der Waals surface area contributed by atoms with E-state index >= 15 is 0 Å². The fourth-order valence-corrected chi connectivity index (χ4v) is 0.857. The smallest absolute Gasteiger partial charge is 0.338 e. The molecule has 57 valence electrons. The van der Waals surface area contributed by atoms with E-state index in [0.717, 1.165) is 0 Å². The minimum Gasteiger partial charge on any atom is -0.350 e. The lowest BCUT2D eigenvalue weighted by molar-refractivity contribution is 0.252. The first-order chi connectivity index (χ1) is 5.18. The molecule has 3 nitrogen and oxygen atoms in total. The highest BCUT2D eigenvalue weighted by atomic mass is 35.5. The zero-order valence-corrected chi connectivity index (χ0v) is 6.38. The summed E-state index contributed by atoms with van der Waals surface area (Å²) in [6, 6.07) is 5.89. The van der Waals surface area contributed by atoms with E-state index in [2.05, 4.69) is 5.32 Å². The molecule has 11 heavy (non-hydrogen) atoms. The van der Waals surface area contributed by atoms with Crippen molar-refractivity contribution in [2.75, 3.05) is 0 Å². The lowest BCUT2D eigenvalue weighted by Crippen LogP contribution is -2.18. The van der Waals surface area contributed by atoms with E-state index in [1.807, 2.05) is 0 Å². The number of primary amides is 1. The van der Waals surface area contributed by atoms with Gasteiger partial charge >= 0.3 is 6.03 Å². The van der Waals surface area contributed by atoms with Crippen molar-refractivity contribution in [1.82, 2.24) is 5.32 Å². The molecule has 1 radical (unpaired) electrons. The van der Waals surface area contributed by atoms with E-state index < -0.39 is 6.03 Å². The van der Waals surface area contributed by atoms with Gasteiger partial charge in [0.1, 0.15) is 0 Å². The molecule has 0 heterocycles. The zero-order valence-electron chi connectivity index (χ0n) is 5.62. The third-order valence-corrected chi connectivity index (χ3v) is 1.28. The van der Waals surface area contributed by atoms with Crippen LogP contribution in [0.5, 0.6) is 0 Å². The molecule has 0 saturated carbocycles. The molecule has 4 heteroatoms. The van der Waals surface area contributed by atoms with Gasteiger partial charge in [0.25, 0.3) is 0 Å². The quantitative estimate of drug-likeness (QED) is 0.683. The van der Waals surface area contributed by atoms with Gasteiger partial charge in [-0.2, -0.15) is 5.32 Å². The summed E-state index contributed by atoms with van der Waals surface area (Å²) in [6.07, 6.45) is 0. The lowest BCUT2D eigenvalue weighted by Gasteiger charge is -1.96. The van der Waals surface area contributed by atoms with Gasteiger partial charge in [-0.25, -0.2) is 4.79 Å². The van der Waals surface area contributed by atoms with Gasteiger partial charge in [-0.3, -0.25) is 0 Å². The summed E-state index contributed by atoms with van der Waals surface area (Å²) in [5, 5.41) is 4.01. The average molecular weight is 170 g/mol. The molecule has 0 bridgehead atoms. The standard InChI is InChI=1S/C7H6ClN2O/c8-5-2-1-3-6(4-5)10-7(9)11/h1-4H,(H2,9,11). The van der Waals surface area contributed by atoms with Crippen LogP contribution < -0.4 is 11.1 Å². The van der Waals surface area contributed by atoms with Crippen LogP contribution in [-0.2, 0) is 0 Å². The molecule has 0 atom stereocenters. The van der Waals surface area contributed by atoms with Crippen LogP contribution in [-0.4, -0.2) is 6.03 Å². The summed E-state index contributed by atoms with van der Waals surface area (Å²) in [5.74, 6) is 0. The Morgan fingerprint density at radius 2 is 2.27 bits per heavy atom. The van der Waals surface area contributed by atoms with Crippen molar-refractivity contribution < 1.29 is 4.79 Å². The number of benzene rings is 1. The second-order valence-corrected chi connectivity index (χ2v) is 2.37. The van der Waals surface area contributed by atoms with Crippen LogP contribution in [0.15, 0.2) is 24.3 Å². The van der Waals surface area contributed by atoms with Gasteiger partial charge in [-0.1, -0.05) is 17.7 Å². The van der Waals surface area contributed by atoms with Gasteiger partial charge in [0.15, 0.2) is 0 Å². The Morgan fingerprint density at radius 3 is 2.82 bits per heavy atom. The molecule has 0 aliphatic rings. The van der Waals surface area contributed by atoms with E-state index in [-0.39, 0.29) is 0 Å². The summed E-state index contributed by atoms with van der Waals surface area (Å²) in [5.41, 5.74) is 5.30. The highest BCUT2D eigenvalue weighted by molar-refractivity contribution is 6.30. The van der Waals surface area contributed by atoms with Gasteiger partial charge < -0.3 is 5.73 Å². The Labute approximate surface area is 69.2 Å². The van der Waals surface area contributed by atoms with Crippen LogP contribution in [0.2, 0.25) is 5.02 Å². The summed E-state index contributed by atoms with van der Waals surface area (Å²) in [6.45, 7) is 0. The maximum absolute atomic E-state index is 10.3. The Morgan fingerprint density at radius 1 is 1.55 bits per heavy atom. The first-order valence-corrected chi connectivity index (χ1v) is 3.33. The van der Waals surface area contributed by atoms with Crippen LogP contribution in [0.1, 0.15) is 0 Å². The fraction of sp³-hybridized carbons (Fsp3) is 0. The highest BCUT2D eigenvalue weighted by Crippen LogP contribution is 2.14. The van der Waals surface area contributed by atoms with Crippen LogP contribution in [0.3, 0.4) is 0 Å². The zero-order chi connectivity index (χ0) is 8.27. The number of amides is 2. The maximum atomic E-state index is 10.3.